The molecule has 4 heteroatoms. The lowest BCUT2D eigenvalue weighted by molar-refractivity contribution is 0.766. The second-order valence-corrected chi connectivity index (χ2v) is 14.1. The van der Waals surface area contributed by atoms with Crippen molar-refractivity contribution < 1.29 is 0 Å². The number of hydrogen-bond donors (Lipinski definition) is 0. The molecule has 9 aromatic carbocycles. The molecule has 0 aliphatic rings. The third kappa shape index (κ3) is 5.11. The van der Waals surface area contributed by atoms with E-state index in [1.807, 2.05) is 12.3 Å². The summed E-state index contributed by atoms with van der Waals surface area (Å²) in [5, 5.41) is 19.7. The van der Waals surface area contributed by atoms with Crippen LogP contribution in [0, 0.1) is 0 Å². The molecular formula is C51H32N4. The van der Waals surface area contributed by atoms with E-state index in [1.54, 1.807) is 11.0 Å². The van der Waals surface area contributed by atoms with Gasteiger partial charge in [-0.2, -0.15) is 4.80 Å². The first-order valence-corrected chi connectivity index (χ1v) is 18.6. The second kappa shape index (κ2) is 12.6. The van der Waals surface area contributed by atoms with Gasteiger partial charge in [-0.05, 0) is 113 Å². The van der Waals surface area contributed by atoms with Crippen molar-refractivity contribution in [3.8, 4) is 50.2 Å². The van der Waals surface area contributed by atoms with Gasteiger partial charge in [0.15, 0.2) is 0 Å². The van der Waals surface area contributed by atoms with E-state index >= 15 is 0 Å². The minimum atomic E-state index is 0.852. The van der Waals surface area contributed by atoms with Crippen molar-refractivity contribution in [2.45, 2.75) is 0 Å². The zero-order valence-electron chi connectivity index (χ0n) is 29.8. The van der Waals surface area contributed by atoms with Crippen LogP contribution < -0.4 is 0 Å². The maximum atomic E-state index is 5.10. The molecule has 0 atom stereocenters. The van der Waals surface area contributed by atoms with Crippen LogP contribution in [0.15, 0.2) is 194 Å². The van der Waals surface area contributed by atoms with E-state index in [4.69, 9.17) is 10.2 Å². The van der Waals surface area contributed by atoms with E-state index in [9.17, 15) is 0 Å². The van der Waals surface area contributed by atoms with Crippen molar-refractivity contribution in [2.75, 3.05) is 0 Å². The molecule has 0 bridgehead atoms. The molecule has 55 heavy (non-hydrogen) atoms. The van der Waals surface area contributed by atoms with Crippen molar-refractivity contribution in [1.82, 2.24) is 20.0 Å². The second-order valence-electron chi connectivity index (χ2n) is 14.1. The van der Waals surface area contributed by atoms with E-state index < -0.39 is 0 Å². The maximum absolute atomic E-state index is 5.10. The van der Waals surface area contributed by atoms with Gasteiger partial charge in [0.1, 0.15) is 11.0 Å². The zero-order valence-corrected chi connectivity index (χ0v) is 29.8. The summed E-state index contributed by atoms with van der Waals surface area (Å²) in [7, 11) is 0. The molecule has 2 aromatic heterocycles. The number of nitrogens with zero attached hydrogens (tertiary/aromatic N) is 4. The Bertz CT molecular complexity index is 3190. The van der Waals surface area contributed by atoms with E-state index in [0.29, 0.717) is 0 Å². The SMILES string of the molecule is c1cncc(-c2ccc(-n3nc4cc(-c5c6ccccc6c(-c6cccc(-c7cccc8ccccc78)c6)c6ccccc56)c5ccccc5c4n3)cc2)c1. The first kappa shape index (κ1) is 31.1. The molecule has 4 nitrogen and oxygen atoms in total. The highest BCUT2D eigenvalue weighted by molar-refractivity contribution is 6.25. The topological polar surface area (TPSA) is 43.6 Å². The number of pyridine rings is 1. The van der Waals surface area contributed by atoms with Crippen molar-refractivity contribution in [1.29, 1.82) is 0 Å². The Morgan fingerprint density at radius 3 is 1.69 bits per heavy atom. The van der Waals surface area contributed by atoms with Crippen molar-refractivity contribution in [3.63, 3.8) is 0 Å². The van der Waals surface area contributed by atoms with Crippen LogP contribution in [-0.2, 0) is 0 Å². The molecule has 0 saturated carbocycles. The highest BCUT2D eigenvalue weighted by Gasteiger charge is 2.21. The lowest BCUT2D eigenvalue weighted by Crippen LogP contribution is -1.98. The fraction of sp³-hybridized carbons (Fsp3) is 0. The summed E-state index contributed by atoms with van der Waals surface area (Å²) in [5.41, 5.74) is 12.0. The summed E-state index contributed by atoms with van der Waals surface area (Å²) >= 11 is 0. The molecule has 0 N–H and O–H groups in total. The molecule has 0 amide bonds. The quantitative estimate of drug-likeness (QED) is 0.168. The minimum Gasteiger partial charge on any atom is -0.264 e. The number of rotatable bonds is 5. The van der Waals surface area contributed by atoms with Gasteiger partial charge in [-0.15, -0.1) is 10.2 Å². The molecule has 0 spiro atoms. The number of fused-ring (bicyclic) bond motifs is 6. The van der Waals surface area contributed by atoms with E-state index in [2.05, 4.69) is 181 Å². The molecule has 0 aliphatic carbocycles. The molecule has 2 heterocycles. The molecular weight excluding hydrogens is 669 g/mol. The Balaban J connectivity index is 1.12. The monoisotopic (exact) mass is 700 g/mol. The van der Waals surface area contributed by atoms with Crippen LogP contribution in [0.2, 0.25) is 0 Å². The zero-order chi connectivity index (χ0) is 36.3. The fourth-order valence-electron chi connectivity index (χ4n) is 8.44. The Morgan fingerprint density at radius 1 is 0.364 bits per heavy atom. The van der Waals surface area contributed by atoms with Crippen LogP contribution in [0.4, 0.5) is 0 Å². The van der Waals surface area contributed by atoms with Gasteiger partial charge in [0, 0.05) is 17.8 Å². The average molecular weight is 701 g/mol. The predicted octanol–water partition coefficient (Wildman–Crippen LogP) is 13.1. The molecule has 0 unspecified atom stereocenters. The van der Waals surface area contributed by atoms with Gasteiger partial charge < -0.3 is 0 Å². The Labute approximate surface area is 317 Å². The maximum Gasteiger partial charge on any atom is 0.121 e. The Kier molecular flexibility index (Phi) is 7.14. The van der Waals surface area contributed by atoms with Gasteiger partial charge in [0.25, 0.3) is 0 Å². The van der Waals surface area contributed by atoms with Crippen LogP contribution >= 0.6 is 0 Å². The van der Waals surface area contributed by atoms with E-state index in [0.717, 1.165) is 44.2 Å². The standard InChI is InChI=1S/C51H32N4/c1-2-17-39-34(12-1)13-10-24-40(39)35-14-9-15-36(30-35)49-42-19-4-6-21-44(42)50(45-22-7-5-20-43(45)49)47-31-48-51(46-23-8-3-18-41(46)47)54-55(53-48)38-27-25-33(26-28-38)37-16-11-29-52-32-37/h1-32H. The summed E-state index contributed by atoms with van der Waals surface area (Å²) in [5.74, 6) is 0. The van der Waals surface area contributed by atoms with Crippen molar-refractivity contribution >= 4 is 54.1 Å². The number of aromatic nitrogens is 4. The lowest BCUT2D eigenvalue weighted by Gasteiger charge is -2.19. The number of hydrogen-bond acceptors (Lipinski definition) is 3. The van der Waals surface area contributed by atoms with Crippen LogP contribution in [0.5, 0.6) is 0 Å². The predicted molar refractivity (Wildman–Crippen MR) is 228 cm³/mol. The molecule has 11 rings (SSSR count). The number of benzene rings is 9. The summed E-state index contributed by atoms with van der Waals surface area (Å²) < 4.78 is 0. The normalized spacial score (nSPS) is 11.6. The van der Waals surface area contributed by atoms with Gasteiger partial charge in [0.05, 0.1) is 5.69 Å². The highest BCUT2D eigenvalue weighted by atomic mass is 15.5. The first-order chi connectivity index (χ1) is 27.3. The van der Waals surface area contributed by atoms with Crippen LogP contribution in [0.3, 0.4) is 0 Å². The molecule has 0 saturated heterocycles. The summed E-state index contributed by atoms with van der Waals surface area (Å²) in [6, 6.07) is 65.2. The molecule has 256 valence electrons. The molecule has 0 fully saturated rings. The smallest absolute Gasteiger partial charge is 0.121 e. The largest absolute Gasteiger partial charge is 0.264 e. The third-order valence-electron chi connectivity index (χ3n) is 10.9. The van der Waals surface area contributed by atoms with Gasteiger partial charge in [-0.25, -0.2) is 0 Å². The fourth-order valence-corrected chi connectivity index (χ4v) is 8.44. The van der Waals surface area contributed by atoms with Gasteiger partial charge >= 0.3 is 0 Å². The van der Waals surface area contributed by atoms with E-state index in [1.165, 1.54) is 60.1 Å². The Morgan fingerprint density at radius 2 is 0.964 bits per heavy atom. The highest BCUT2D eigenvalue weighted by Crippen LogP contribution is 2.47. The minimum absolute atomic E-state index is 0.852. The third-order valence-corrected chi connectivity index (χ3v) is 10.9. The van der Waals surface area contributed by atoms with Gasteiger partial charge in [-0.3, -0.25) is 4.98 Å². The molecule has 0 radical (unpaired) electrons. The average Bonchev–Trinajstić information content (AvgIpc) is 3.70. The van der Waals surface area contributed by atoms with Crippen molar-refractivity contribution in [3.05, 3.63) is 194 Å². The summed E-state index contributed by atoms with van der Waals surface area (Å²) in [6.07, 6.45) is 3.67. The van der Waals surface area contributed by atoms with Crippen LogP contribution in [0.1, 0.15) is 0 Å². The van der Waals surface area contributed by atoms with Crippen LogP contribution in [-0.4, -0.2) is 20.0 Å². The Hall–Kier alpha value is -7.43. The van der Waals surface area contributed by atoms with Crippen molar-refractivity contribution in [2.24, 2.45) is 0 Å². The molecule has 0 aliphatic heterocycles. The van der Waals surface area contributed by atoms with E-state index in [-0.39, 0.29) is 0 Å². The van der Waals surface area contributed by atoms with Gasteiger partial charge in [0.2, 0.25) is 0 Å². The van der Waals surface area contributed by atoms with Gasteiger partial charge in [-0.1, -0.05) is 152 Å². The van der Waals surface area contributed by atoms with Crippen LogP contribution in [0.25, 0.3) is 104 Å². The molecule has 11 aromatic rings. The lowest BCUT2D eigenvalue weighted by atomic mass is 9.84. The first-order valence-electron chi connectivity index (χ1n) is 18.6. The summed E-state index contributed by atoms with van der Waals surface area (Å²) in [6.45, 7) is 0. The summed E-state index contributed by atoms with van der Waals surface area (Å²) in [4.78, 5) is 6.04.